The zero-order valence-corrected chi connectivity index (χ0v) is 25.7. The number of carbonyl (C=O) groups excluding carboxylic acids is 1. The van der Waals surface area contributed by atoms with Crippen LogP contribution in [0, 0.1) is 0 Å². The van der Waals surface area contributed by atoms with Crippen molar-refractivity contribution in [1.82, 2.24) is 24.6 Å². The fraction of sp³-hybridized carbons (Fsp3) is 0.571. The molecule has 0 radical (unpaired) electrons. The second-order valence-corrected chi connectivity index (χ2v) is 12.7. The molecule has 2 fully saturated rings. The zero-order chi connectivity index (χ0) is 31.5. The Balaban J connectivity index is 1.33. The molecule has 6 atom stereocenters. The molecule has 0 bridgehead atoms. The van der Waals surface area contributed by atoms with Crippen molar-refractivity contribution in [3.63, 3.8) is 0 Å². The van der Waals surface area contributed by atoms with Gasteiger partial charge < -0.3 is 29.6 Å². The van der Waals surface area contributed by atoms with Crippen molar-refractivity contribution in [3.8, 4) is 11.6 Å². The predicted molar refractivity (Wildman–Crippen MR) is 157 cm³/mol. The van der Waals surface area contributed by atoms with Gasteiger partial charge in [0, 0.05) is 0 Å². The monoisotopic (exact) mass is 636 g/mol. The second-order valence-electron chi connectivity index (χ2n) is 11.0. The van der Waals surface area contributed by atoms with Gasteiger partial charge in [-0.15, -0.1) is 0 Å². The van der Waals surface area contributed by atoms with Crippen LogP contribution in [0.5, 0.6) is 11.6 Å². The van der Waals surface area contributed by atoms with Gasteiger partial charge in [0.1, 0.15) is 29.6 Å². The molecule has 1 saturated heterocycles. The Morgan fingerprint density at radius 1 is 1.27 bits per heavy atom. The van der Waals surface area contributed by atoms with E-state index in [9.17, 15) is 14.5 Å². The third kappa shape index (κ3) is 6.97. The molecule has 1 aliphatic carbocycles. The fourth-order valence-corrected chi connectivity index (χ4v) is 6.79. The Bertz CT molecular complexity index is 1490. The zero-order valence-electron chi connectivity index (χ0n) is 24.8. The summed E-state index contributed by atoms with van der Waals surface area (Å²) in [7, 11) is -4.32. The maximum Gasteiger partial charge on any atom is 0.459 e. The highest BCUT2D eigenvalue weighted by Crippen LogP contribution is 2.48. The van der Waals surface area contributed by atoms with Crippen molar-refractivity contribution < 1.29 is 42.1 Å². The second kappa shape index (κ2) is 13.3. The minimum absolute atomic E-state index is 0.113. The third-order valence-electron chi connectivity index (χ3n) is 7.55. The molecule has 3 unspecified atom stereocenters. The molecule has 44 heavy (non-hydrogen) atoms. The number of hydrogen-bond acceptors (Lipinski definition) is 12. The van der Waals surface area contributed by atoms with Gasteiger partial charge in [-0.25, -0.2) is 13.9 Å². The summed E-state index contributed by atoms with van der Waals surface area (Å²) < 4.78 is 59.4. The first-order valence-corrected chi connectivity index (χ1v) is 16.2. The number of esters is 1. The number of anilines is 1. The number of hydrogen-bond donors (Lipinski definition) is 3. The molecule has 0 spiro atoms. The summed E-state index contributed by atoms with van der Waals surface area (Å²) in [6, 6.07) is 7.12. The summed E-state index contributed by atoms with van der Waals surface area (Å²) in [5.41, 5.74) is 4.16. The van der Waals surface area contributed by atoms with Crippen molar-refractivity contribution in [3.05, 3.63) is 36.7 Å². The summed E-state index contributed by atoms with van der Waals surface area (Å²) >= 11 is 0. The minimum atomic E-state index is -4.32. The van der Waals surface area contributed by atoms with Crippen LogP contribution in [-0.2, 0) is 23.4 Å². The molecule has 3 aromatic rings. The van der Waals surface area contributed by atoms with Crippen LogP contribution in [0.15, 0.2) is 36.7 Å². The number of aliphatic hydroxyl groups is 1. The van der Waals surface area contributed by atoms with E-state index in [4.69, 9.17) is 29.0 Å². The average molecular weight is 637 g/mol. The number of para-hydroxylation sites is 1. The molecule has 1 aliphatic heterocycles. The maximum absolute atomic E-state index is 15.7. The molecule has 1 saturated carbocycles. The lowest BCUT2D eigenvalue weighted by molar-refractivity contribution is -0.152. The lowest BCUT2D eigenvalue weighted by Gasteiger charge is -2.27. The smallest absolute Gasteiger partial charge is 0.459 e. The van der Waals surface area contributed by atoms with E-state index in [1.807, 2.05) is 0 Å². The molecule has 16 heteroatoms. The first kappa shape index (κ1) is 32.0. The molecule has 14 nitrogen and oxygen atoms in total. The van der Waals surface area contributed by atoms with Crippen LogP contribution in [0.2, 0.25) is 0 Å². The van der Waals surface area contributed by atoms with Crippen LogP contribution in [-0.4, -0.2) is 73.8 Å². The number of nitrogens with one attached hydrogen (secondary N) is 1. The predicted octanol–water partition coefficient (Wildman–Crippen LogP) is 3.85. The number of aromatic nitrogens is 4. The molecule has 1 aromatic carbocycles. The van der Waals surface area contributed by atoms with Crippen molar-refractivity contribution in [1.29, 1.82) is 0 Å². The van der Waals surface area contributed by atoms with Crippen LogP contribution in [0.1, 0.15) is 59.1 Å². The van der Waals surface area contributed by atoms with Crippen LogP contribution in [0.3, 0.4) is 0 Å². The Morgan fingerprint density at radius 2 is 2.00 bits per heavy atom. The maximum atomic E-state index is 15.7. The van der Waals surface area contributed by atoms with Gasteiger partial charge in [-0.05, 0) is 58.6 Å². The van der Waals surface area contributed by atoms with Gasteiger partial charge in [0.15, 0.2) is 23.6 Å². The van der Waals surface area contributed by atoms with Gasteiger partial charge in [0.25, 0.3) is 0 Å². The number of rotatable bonds is 12. The summed E-state index contributed by atoms with van der Waals surface area (Å²) in [4.78, 5) is 25.3. The number of fused-ring (bicyclic) bond motifs is 1. The summed E-state index contributed by atoms with van der Waals surface area (Å²) in [5.74, 6) is -0.402. The molecule has 2 aliphatic rings. The van der Waals surface area contributed by atoms with Crippen molar-refractivity contribution in [2.45, 2.75) is 89.1 Å². The van der Waals surface area contributed by atoms with Gasteiger partial charge in [-0.1, -0.05) is 24.6 Å². The van der Waals surface area contributed by atoms with Gasteiger partial charge in [0.05, 0.1) is 19.5 Å². The summed E-state index contributed by atoms with van der Waals surface area (Å²) in [5, 5.41) is 13.8. The van der Waals surface area contributed by atoms with E-state index in [2.05, 4.69) is 20.0 Å². The van der Waals surface area contributed by atoms with Gasteiger partial charge in [-0.2, -0.15) is 15.1 Å². The number of ether oxygens (including phenoxy) is 3. The topological polar surface area (TPSA) is 182 Å². The van der Waals surface area contributed by atoms with Crippen LogP contribution < -0.4 is 20.1 Å². The third-order valence-corrected chi connectivity index (χ3v) is 9.19. The average Bonchev–Trinajstić information content (AvgIpc) is 3.50. The number of imidazole rings is 1. The van der Waals surface area contributed by atoms with E-state index in [1.165, 1.54) is 24.7 Å². The van der Waals surface area contributed by atoms with Crippen LogP contribution in [0.25, 0.3) is 11.2 Å². The molecule has 0 amide bonds. The van der Waals surface area contributed by atoms with Crippen molar-refractivity contribution >= 4 is 30.8 Å². The number of halogens is 1. The van der Waals surface area contributed by atoms with E-state index in [1.54, 1.807) is 37.3 Å². The number of nitrogens with zero attached hydrogens (tertiary/aromatic N) is 4. The molecular weight excluding hydrogens is 598 g/mol. The van der Waals surface area contributed by atoms with E-state index in [0.29, 0.717) is 0 Å². The van der Waals surface area contributed by atoms with Crippen molar-refractivity contribution in [2.75, 3.05) is 18.9 Å². The minimum Gasteiger partial charge on any atom is -0.476 e. The van der Waals surface area contributed by atoms with E-state index in [0.717, 1.165) is 32.1 Å². The lowest BCUT2D eigenvalue weighted by Crippen LogP contribution is -2.42. The fourth-order valence-electron chi connectivity index (χ4n) is 5.29. The van der Waals surface area contributed by atoms with Gasteiger partial charge >= 0.3 is 13.7 Å². The molecule has 240 valence electrons. The van der Waals surface area contributed by atoms with Gasteiger partial charge in [0.2, 0.25) is 11.8 Å². The quantitative estimate of drug-likeness (QED) is 0.193. The van der Waals surface area contributed by atoms with Gasteiger partial charge in [-0.3, -0.25) is 13.9 Å². The first-order chi connectivity index (χ1) is 21.0. The van der Waals surface area contributed by atoms with E-state index in [-0.39, 0.29) is 41.5 Å². The Labute approximate surface area is 254 Å². The Hall–Kier alpha value is -3.36. The molecule has 4 N–H and O–H groups in total. The number of alkyl halides is 1. The number of nitrogen functional groups attached to an aromatic ring is 1. The largest absolute Gasteiger partial charge is 0.476 e. The van der Waals surface area contributed by atoms with E-state index < -0.39 is 50.5 Å². The number of nitrogens with two attached hydrogens (primary N) is 1. The molecule has 2 aromatic heterocycles. The first-order valence-electron chi connectivity index (χ1n) is 14.6. The highest BCUT2D eigenvalue weighted by molar-refractivity contribution is 7.52. The van der Waals surface area contributed by atoms with E-state index >= 15 is 4.39 Å². The Morgan fingerprint density at radius 3 is 2.70 bits per heavy atom. The SMILES string of the molecule is CCOc1nc(N)nc2c1ncn2[C@@H]1O[C@H](COP(=O)(NC(C)C(=O)OC2CCCCC2)Oc2ccccc2)C(F)[C@@]1(C)O. The number of carbonyl (C=O) groups is 1. The molecule has 3 heterocycles. The Kier molecular flexibility index (Phi) is 9.71. The van der Waals surface area contributed by atoms with Crippen LogP contribution in [0.4, 0.5) is 10.3 Å². The highest BCUT2D eigenvalue weighted by atomic mass is 31.2. The summed E-state index contributed by atoms with van der Waals surface area (Å²) in [6.45, 7) is 4.18. The molecule has 5 rings (SSSR count). The van der Waals surface area contributed by atoms with Crippen LogP contribution >= 0.6 is 7.75 Å². The highest BCUT2D eigenvalue weighted by Gasteiger charge is 2.55. The van der Waals surface area contributed by atoms with Crippen molar-refractivity contribution in [2.24, 2.45) is 0 Å². The molecular formula is C28H38FN6O8P. The normalized spacial score (nSPS) is 26.2. The summed E-state index contributed by atoms with van der Waals surface area (Å²) in [6.07, 6.45) is 0.926. The lowest BCUT2D eigenvalue weighted by atomic mass is 9.98. The number of benzene rings is 1. The standard InChI is InChI=1S/C28H38FN6O8P/c1-4-39-24-21-23(32-27(30)33-24)35(16-31-21)26-28(3,37)22(29)20(42-26)15-40-44(38,43-19-13-9-6-10-14-19)34-17(2)25(36)41-18-11-7-5-8-12-18/h6,9-10,13-14,16-18,20,22,26,37H,4-5,7-8,11-12,15H2,1-3H3,(H,34,38)(H2,30,32,33)/t17?,20-,22?,26-,28-,44?/m1/s1.